The number of nitrogens with two attached hydrogens (primary N) is 1. The molecule has 2 aromatic rings. The van der Waals surface area contributed by atoms with Gasteiger partial charge in [0.05, 0.1) is 5.56 Å². The number of fused-ring (bicyclic) bond motifs is 1. The Kier molecular flexibility index (Phi) is 1.77. The average Bonchev–Trinajstić information content (AvgIpc) is 2.48. The summed E-state index contributed by atoms with van der Waals surface area (Å²) in [6, 6.07) is 1.92. The number of amides is 1. The first-order chi connectivity index (χ1) is 6.59. The van der Waals surface area contributed by atoms with Gasteiger partial charge in [0.15, 0.2) is 0 Å². The SMILES string of the molecule is Cc1cc2c(C(N)=O)c[nH]c2nc1C. The molecule has 0 atom stereocenters. The topological polar surface area (TPSA) is 71.8 Å². The minimum atomic E-state index is -0.429. The van der Waals surface area contributed by atoms with Crippen LogP contribution in [0.15, 0.2) is 12.3 Å². The van der Waals surface area contributed by atoms with Gasteiger partial charge in [-0.05, 0) is 25.5 Å². The molecular weight excluding hydrogens is 178 g/mol. The fourth-order valence-corrected chi connectivity index (χ4v) is 1.44. The van der Waals surface area contributed by atoms with Crippen LogP contribution in [0.4, 0.5) is 0 Å². The van der Waals surface area contributed by atoms with Crippen LogP contribution in [0.25, 0.3) is 11.0 Å². The minimum absolute atomic E-state index is 0.429. The molecule has 72 valence electrons. The molecule has 0 bridgehead atoms. The highest BCUT2D eigenvalue weighted by molar-refractivity contribution is 6.05. The van der Waals surface area contributed by atoms with Gasteiger partial charge in [-0.15, -0.1) is 0 Å². The van der Waals surface area contributed by atoms with Crippen molar-refractivity contribution in [2.75, 3.05) is 0 Å². The molecule has 4 heteroatoms. The maximum atomic E-state index is 11.0. The van der Waals surface area contributed by atoms with E-state index < -0.39 is 5.91 Å². The predicted octanol–water partition coefficient (Wildman–Crippen LogP) is 1.28. The molecule has 0 aliphatic heterocycles. The minimum Gasteiger partial charge on any atom is -0.366 e. The molecule has 0 unspecified atom stereocenters. The van der Waals surface area contributed by atoms with Crippen molar-refractivity contribution in [3.63, 3.8) is 0 Å². The van der Waals surface area contributed by atoms with Crippen molar-refractivity contribution in [3.05, 3.63) is 29.1 Å². The molecule has 0 saturated heterocycles. The third kappa shape index (κ3) is 1.16. The van der Waals surface area contributed by atoms with Crippen molar-refractivity contribution >= 4 is 16.9 Å². The third-order valence-electron chi connectivity index (χ3n) is 2.38. The lowest BCUT2D eigenvalue weighted by atomic mass is 10.1. The van der Waals surface area contributed by atoms with Crippen molar-refractivity contribution in [1.29, 1.82) is 0 Å². The zero-order valence-electron chi connectivity index (χ0n) is 8.09. The number of aromatic amines is 1. The van der Waals surface area contributed by atoms with Crippen LogP contribution in [0.5, 0.6) is 0 Å². The number of hydrogen-bond acceptors (Lipinski definition) is 2. The van der Waals surface area contributed by atoms with Gasteiger partial charge in [-0.2, -0.15) is 0 Å². The predicted molar refractivity (Wildman–Crippen MR) is 54.1 cm³/mol. The summed E-state index contributed by atoms with van der Waals surface area (Å²) in [5, 5.41) is 0.792. The molecule has 1 amide bonds. The van der Waals surface area contributed by atoms with Gasteiger partial charge in [0.2, 0.25) is 0 Å². The number of pyridine rings is 1. The van der Waals surface area contributed by atoms with Crippen molar-refractivity contribution < 1.29 is 4.79 Å². The van der Waals surface area contributed by atoms with E-state index in [2.05, 4.69) is 9.97 Å². The van der Waals surface area contributed by atoms with Gasteiger partial charge < -0.3 is 10.7 Å². The summed E-state index contributed by atoms with van der Waals surface area (Å²) in [7, 11) is 0. The molecule has 0 fully saturated rings. The van der Waals surface area contributed by atoms with E-state index in [1.54, 1.807) is 6.20 Å². The first-order valence-corrected chi connectivity index (χ1v) is 4.34. The number of aryl methyl sites for hydroxylation is 2. The molecule has 0 aliphatic carbocycles. The molecule has 0 radical (unpaired) electrons. The van der Waals surface area contributed by atoms with Crippen LogP contribution in [0.1, 0.15) is 21.6 Å². The van der Waals surface area contributed by atoms with E-state index in [1.807, 2.05) is 19.9 Å². The molecule has 0 aromatic carbocycles. The van der Waals surface area contributed by atoms with Gasteiger partial charge >= 0.3 is 0 Å². The fraction of sp³-hybridized carbons (Fsp3) is 0.200. The Bertz CT molecular complexity index is 513. The van der Waals surface area contributed by atoms with E-state index in [0.29, 0.717) is 11.2 Å². The Morgan fingerprint density at radius 2 is 2.21 bits per heavy atom. The summed E-state index contributed by atoms with van der Waals surface area (Å²) < 4.78 is 0. The standard InChI is InChI=1S/C10H11N3O/c1-5-3-7-8(9(11)14)4-12-10(7)13-6(5)2/h3-4H,1-2H3,(H2,11,14)(H,12,13). The molecule has 2 rings (SSSR count). The summed E-state index contributed by atoms with van der Waals surface area (Å²) in [6.45, 7) is 3.89. The molecule has 2 aromatic heterocycles. The largest absolute Gasteiger partial charge is 0.366 e. The van der Waals surface area contributed by atoms with E-state index in [9.17, 15) is 4.79 Å². The Hall–Kier alpha value is -1.84. The molecule has 0 spiro atoms. The van der Waals surface area contributed by atoms with Crippen LogP contribution in [0.2, 0.25) is 0 Å². The smallest absolute Gasteiger partial charge is 0.250 e. The van der Waals surface area contributed by atoms with Crippen LogP contribution in [-0.4, -0.2) is 15.9 Å². The molecule has 4 nitrogen and oxygen atoms in total. The summed E-state index contributed by atoms with van der Waals surface area (Å²) >= 11 is 0. The van der Waals surface area contributed by atoms with Crippen molar-refractivity contribution in [3.8, 4) is 0 Å². The van der Waals surface area contributed by atoms with Gasteiger partial charge in [-0.3, -0.25) is 4.79 Å². The summed E-state index contributed by atoms with van der Waals surface area (Å²) in [6.07, 6.45) is 1.60. The highest BCUT2D eigenvalue weighted by Gasteiger charge is 2.10. The number of carbonyl (C=O) groups excluding carboxylic acids is 1. The Morgan fingerprint density at radius 1 is 1.50 bits per heavy atom. The number of aromatic nitrogens is 2. The van der Waals surface area contributed by atoms with Crippen molar-refractivity contribution in [2.24, 2.45) is 5.73 Å². The maximum Gasteiger partial charge on any atom is 0.250 e. The van der Waals surface area contributed by atoms with Gasteiger partial charge in [0.25, 0.3) is 5.91 Å². The second-order valence-electron chi connectivity index (χ2n) is 3.35. The van der Waals surface area contributed by atoms with Gasteiger partial charge in [-0.25, -0.2) is 4.98 Å². The number of H-pyrrole nitrogens is 1. The average molecular weight is 189 g/mol. The van der Waals surface area contributed by atoms with E-state index in [-0.39, 0.29) is 0 Å². The van der Waals surface area contributed by atoms with Crippen LogP contribution in [-0.2, 0) is 0 Å². The molecule has 0 saturated carbocycles. The monoisotopic (exact) mass is 189 g/mol. The van der Waals surface area contributed by atoms with Crippen LogP contribution >= 0.6 is 0 Å². The zero-order chi connectivity index (χ0) is 10.3. The number of nitrogens with zero attached hydrogens (tertiary/aromatic N) is 1. The zero-order valence-corrected chi connectivity index (χ0v) is 8.09. The van der Waals surface area contributed by atoms with Crippen LogP contribution in [0, 0.1) is 13.8 Å². The quantitative estimate of drug-likeness (QED) is 0.709. The lowest BCUT2D eigenvalue weighted by Gasteiger charge is -1.99. The molecular formula is C10H11N3O. The Morgan fingerprint density at radius 3 is 2.86 bits per heavy atom. The van der Waals surface area contributed by atoms with E-state index in [1.165, 1.54) is 0 Å². The Balaban J connectivity index is 2.80. The first kappa shape index (κ1) is 8.74. The Labute approximate surface area is 81.1 Å². The number of hydrogen-bond donors (Lipinski definition) is 2. The lowest BCUT2D eigenvalue weighted by molar-refractivity contribution is 0.100. The normalized spacial score (nSPS) is 10.7. The summed E-state index contributed by atoms with van der Waals surface area (Å²) in [5.41, 5.74) is 8.44. The van der Waals surface area contributed by atoms with Crippen LogP contribution < -0.4 is 5.73 Å². The number of primary amides is 1. The van der Waals surface area contributed by atoms with Gasteiger partial charge in [0.1, 0.15) is 5.65 Å². The van der Waals surface area contributed by atoms with Gasteiger partial charge in [-0.1, -0.05) is 0 Å². The number of rotatable bonds is 1. The van der Waals surface area contributed by atoms with E-state index in [4.69, 9.17) is 5.73 Å². The van der Waals surface area contributed by atoms with Crippen LogP contribution in [0.3, 0.4) is 0 Å². The second kappa shape index (κ2) is 2.83. The second-order valence-corrected chi connectivity index (χ2v) is 3.35. The van der Waals surface area contributed by atoms with Gasteiger partial charge in [0, 0.05) is 17.3 Å². The molecule has 0 aliphatic rings. The highest BCUT2D eigenvalue weighted by Crippen LogP contribution is 2.18. The third-order valence-corrected chi connectivity index (χ3v) is 2.38. The first-order valence-electron chi connectivity index (χ1n) is 4.34. The summed E-state index contributed by atoms with van der Waals surface area (Å²) in [5.74, 6) is -0.429. The molecule has 2 heterocycles. The molecule has 3 N–H and O–H groups in total. The lowest BCUT2D eigenvalue weighted by Crippen LogP contribution is -2.10. The summed E-state index contributed by atoms with van der Waals surface area (Å²) in [4.78, 5) is 18.3. The van der Waals surface area contributed by atoms with E-state index >= 15 is 0 Å². The molecule has 14 heavy (non-hydrogen) atoms. The van der Waals surface area contributed by atoms with Crippen molar-refractivity contribution in [1.82, 2.24) is 9.97 Å². The highest BCUT2D eigenvalue weighted by atomic mass is 16.1. The maximum absolute atomic E-state index is 11.0. The number of carbonyl (C=O) groups is 1. The fourth-order valence-electron chi connectivity index (χ4n) is 1.44. The number of nitrogens with one attached hydrogen (secondary N) is 1. The van der Waals surface area contributed by atoms with E-state index in [0.717, 1.165) is 16.6 Å². The van der Waals surface area contributed by atoms with Crippen molar-refractivity contribution in [2.45, 2.75) is 13.8 Å².